The third kappa shape index (κ3) is 11.2. The first-order valence-corrected chi connectivity index (χ1v) is 5.35. The maximum absolute atomic E-state index is 10.4. The molecule has 0 aromatic heterocycles. The zero-order valence-corrected chi connectivity index (χ0v) is 8.65. The topological polar surface area (TPSA) is 80.3 Å². The molecule has 0 bridgehead atoms. The summed E-state index contributed by atoms with van der Waals surface area (Å²) in [6, 6.07) is 0. The molecule has 0 aromatic rings. The molecular formula is C6H12O7S. The van der Waals surface area contributed by atoms with Crippen LogP contribution in [-0.4, -0.2) is 35.0 Å². The highest BCUT2D eigenvalue weighted by Gasteiger charge is 1.95. The van der Waals surface area contributed by atoms with Crippen LogP contribution < -0.4 is 0 Å². The van der Waals surface area contributed by atoms with Crippen LogP contribution in [0.25, 0.3) is 0 Å². The molecule has 14 heavy (non-hydrogen) atoms. The van der Waals surface area contributed by atoms with Crippen LogP contribution in [0.5, 0.6) is 0 Å². The first-order chi connectivity index (χ1) is 6.56. The lowest BCUT2D eigenvalue weighted by Crippen LogP contribution is -2.01. The Morgan fingerprint density at radius 2 is 1.93 bits per heavy atom. The molecule has 0 heterocycles. The molecule has 0 amide bonds. The lowest BCUT2D eigenvalue weighted by atomic mass is 10.8. The summed E-state index contributed by atoms with van der Waals surface area (Å²) >= 11 is 0. The Morgan fingerprint density at radius 3 is 2.50 bits per heavy atom. The Hall–Kier alpha value is -0.830. The molecule has 0 fully saturated rings. The van der Waals surface area contributed by atoms with E-state index < -0.39 is 10.1 Å². The number of ether oxygens (including phenoxy) is 1. The summed E-state index contributed by atoms with van der Waals surface area (Å²) < 4.78 is 29.6. The maximum atomic E-state index is 10.4. The molecule has 0 radical (unpaired) electrons. The molecule has 0 aliphatic heterocycles. The van der Waals surface area contributed by atoms with Crippen molar-refractivity contribution in [3.8, 4) is 0 Å². The summed E-state index contributed by atoms with van der Waals surface area (Å²) in [5, 5.41) is 4.11. The van der Waals surface area contributed by atoms with Gasteiger partial charge >= 0.3 is 10.1 Å². The molecule has 0 unspecified atom stereocenters. The second-order valence-corrected chi connectivity index (χ2v) is 3.65. The first-order valence-electron chi connectivity index (χ1n) is 3.53. The summed E-state index contributed by atoms with van der Waals surface area (Å²) in [5.41, 5.74) is 0. The van der Waals surface area contributed by atoms with E-state index in [1.165, 1.54) is 7.11 Å². The number of rotatable bonds is 8. The number of hydrogen-bond donors (Lipinski definition) is 0. The molecule has 0 saturated heterocycles. The number of methoxy groups -OCH3 is 1. The summed E-state index contributed by atoms with van der Waals surface area (Å²) in [4.78, 5) is 8.63. The SMILES string of the molecule is COCCOOO/C=C/OS(C)(=O)=O. The minimum absolute atomic E-state index is 0.192. The van der Waals surface area contributed by atoms with E-state index in [1.807, 2.05) is 0 Å². The van der Waals surface area contributed by atoms with Crippen LogP contribution in [0.2, 0.25) is 0 Å². The summed E-state index contributed by atoms with van der Waals surface area (Å²) in [6.45, 7) is 0.546. The largest absolute Gasteiger partial charge is 0.387 e. The predicted octanol–water partition coefficient (Wildman–Crippen LogP) is -0.0400. The predicted molar refractivity (Wildman–Crippen MR) is 45.1 cm³/mol. The van der Waals surface area contributed by atoms with Gasteiger partial charge in [-0.15, -0.1) is 0 Å². The van der Waals surface area contributed by atoms with Gasteiger partial charge in [0.25, 0.3) is 0 Å². The zero-order valence-electron chi connectivity index (χ0n) is 7.83. The van der Waals surface area contributed by atoms with Crippen molar-refractivity contribution < 1.29 is 32.2 Å². The van der Waals surface area contributed by atoms with Crippen molar-refractivity contribution in [2.75, 3.05) is 26.6 Å². The smallest absolute Gasteiger partial charge is 0.305 e. The molecule has 0 aliphatic rings. The molecular weight excluding hydrogens is 216 g/mol. The van der Waals surface area contributed by atoms with Crippen LogP contribution in [0, 0.1) is 0 Å². The molecule has 0 aromatic carbocycles. The molecule has 84 valence electrons. The first kappa shape index (κ1) is 13.2. The van der Waals surface area contributed by atoms with Gasteiger partial charge in [-0.25, -0.2) is 0 Å². The van der Waals surface area contributed by atoms with Gasteiger partial charge in [-0.1, -0.05) is 0 Å². The van der Waals surface area contributed by atoms with E-state index in [9.17, 15) is 8.42 Å². The van der Waals surface area contributed by atoms with Gasteiger partial charge in [-0.05, 0) is 5.04 Å². The van der Waals surface area contributed by atoms with E-state index in [4.69, 9.17) is 0 Å². The van der Waals surface area contributed by atoms with Crippen molar-refractivity contribution >= 4 is 10.1 Å². The average molecular weight is 228 g/mol. The van der Waals surface area contributed by atoms with E-state index >= 15 is 0 Å². The van der Waals surface area contributed by atoms with E-state index in [2.05, 4.69) is 23.7 Å². The highest BCUT2D eigenvalue weighted by molar-refractivity contribution is 7.86. The summed E-state index contributed by atoms with van der Waals surface area (Å²) in [6.07, 6.45) is 2.57. The standard InChI is InChI=1S/C6H12O7S/c1-9-3-4-10-13-11-5-6-12-14(2,7)8/h5-6H,3-4H2,1-2H3/b6-5+. The minimum Gasteiger partial charge on any atom is -0.387 e. The van der Waals surface area contributed by atoms with Crippen molar-refractivity contribution in [2.24, 2.45) is 0 Å². The Morgan fingerprint density at radius 1 is 1.21 bits per heavy atom. The molecule has 0 saturated carbocycles. The van der Waals surface area contributed by atoms with E-state index in [0.717, 1.165) is 18.8 Å². The second kappa shape index (κ2) is 7.56. The van der Waals surface area contributed by atoms with E-state index in [-0.39, 0.29) is 6.61 Å². The third-order valence-corrected chi connectivity index (χ3v) is 1.26. The van der Waals surface area contributed by atoms with Gasteiger partial charge in [0.05, 0.1) is 12.9 Å². The average Bonchev–Trinajstić information content (AvgIpc) is 2.08. The molecule has 7 nitrogen and oxygen atoms in total. The van der Waals surface area contributed by atoms with Gasteiger partial charge in [0.15, 0.2) is 6.26 Å². The Labute approximate surface area is 82.1 Å². The Balaban J connectivity index is 3.28. The Kier molecular flexibility index (Phi) is 7.11. The van der Waals surface area contributed by atoms with Crippen LogP contribution in [0.1, 0.15) is 0 Å². The quantitative estimate of drug-likeness (QED) is 0.189. The molecule has 0 spiro atoms. The van der Waals surface area contributed by atoms with Crippen LogP contribution in [0.4, 0.5) is 0 Å². The fraction of sp³-hybridized carbons (Fsp3) is 0.667. The lowest BCUT2D eigenvalue weighted by Gasteiger charge is -1.99. The molecule has 0 rings (SSSR count). The second-order valence-electron chi connectivity index (χ2n) is 2.05. The normalized spacial score (nSPS) is 11.9. The molecule has 0 N–H and O–H groups in total. The van der Waals surface area contributed by atoms with Crippen LogP contribution in [0.15, 0.2) is 12.5 Å². The van der Waals surface area contributed by atoms with Gasteiger partial charge in [0.2, 0.25) is 0 Å². The van der Waals surface area contributed by atoms with E-state index in [0.29, 0.717) is 6.61 Å². The zero-order chi connectivity index (χ0) is 10.9. The van der Waals surface area contributed by atoms with Gasteiger partial charge in [-0.3, -0.25) is 0 Å². The van der Waals surface area contributed by atoms with Gasteiger partial charge < -0.3 is 13.8 Å². The van der Waals surface area contributed by atoms with Crippen molar-refractivity contribution in [2.45, 2.75) is 0 Å². The van der Waals surface area contributed by atoms with Gasteiger partial charge in [0.1, 0.15) is 12.9 Å². The number of hydrogen-bond acceptors (Lipinski definition) is 7. The summed E-state index contributed by atoms with van der Waals surface area (Å²) in [7, 11) is -2.00. The van der Waals surface area contributed by atoms with Crippen LogP contribution >= 0.6 is 0 Å². The maximum Gasteiger partial charge on any atom is 0.305 e. The highest BCUT2D eigenvalue weighted by atomic mass is 32.2. The lowest BCUT2D eigenvalue weighted by molar-refractivity contribution is -0.491. The fourth-order valence-corrected chi connectivity index (χ4v) is 0.595. The van der Waals surface area contributed by atoms with Crippen molar-refractivity contribution in [3.05, 3.63) is 12.5 Å². The molecule has 0 aliphatic carbocycles. The third-order valence-electron chi connectivity index (χ3n) is 0.800. The monoisotopic (exact) mass is 228 g/mol. The van der Waals surface area contributed by atoms with Crippen molar-refractivity contribution in [1.82, 2.24) is 0 Å². The van der Waals surface area contributed by atoms with E-state index in [1.54, 1.807) is 0 Å². The molecule has 0 atom stereocenters. The highest BCUT2D eigenvalue weighted by Crippen LogP contribution is 1.89. The van der Waals surface area contributed by atoms with Crippen LogP contribution in [-0.2, 0) is 33.9 Å². The van der Waals surface area contributed by atoms with Crippen molar-refractivity contribution in [3.63, 3.8) is 0 Å². The van der Waals surface area contributed by atoms with Gasteiger partial charge in [-0.2, -0.15) is 13.3 Å². The van der Waals surface area contributed by atoms with Crippen LogP contribution in [0.3, 0.4) is 0 Å². The molecule has 8 heteroatoms. The minimum atomic E-state index is -3.51. The fourth-order valence-electron chi connectivity index (χ4n) is 0.348. The van der Waals surface area contributed by atoms with Crippen molar-refractivity contribution in [1.29, 1.82) is 0 Å². The van der Waals surface area contributed by atoms with Gasteiger partial charge in [0, 0.05) is 7.11 Å². The summed E-state index contributed by atoms with van der Waals surface area (Å²) in [5.74, 6) is 0. The Bertz CT molecular complexity index is 245.